The first-order valence-electron chi connectivity index (χ1n) is 6.01. The van der Waals surface area contributed by atoms with E-state index in [9.17, 15) is 9.59 Å². The van der Waals surface area contributed by atoms with Gasteiger partial charge in [-0.05, 0) is 18.1 Å². The number of rotatable bonds is 7. The number of hydrogen-bond donors (Lipinski definition) is 2. The molecule has 0 aliphatic carbocycles. The van der Waals surface area contributed by atoms with E-state index >= 15 is 0 Å². The summed E-state index contributed by atoms with van der Waals surface area (Å²) in [5.74, 6) is 3.07. The average Bonchev–Trinajstić information content (AvgIpc) is 2.38. The summed E-state index contributed by atoms with van der Waals surface area (Å²) >= 11 is 0. The molecule has 1 aromatic rings. The average molecular weight is 278 g/mol. The van der Waals surface area contributed by atoms with E-state index in [0.717, 1.165) is 16.7 Å². The molecular formula is C14H18N2O4. The third-order valence-corrected chi connectivity index (χ3v) is 2.70. The molecule has 1 aromatic carbocycles. The molecule has 0 saturated heterocycles. The van der Waals surface area contributed by atoms with Gasteiger partial charge >= 0.3 is 11.9 Å². The summed E-state index contributed by atoms with van der Waals surface area (Å²) in [6.07, 6.45) is 0. The van der Waals surface area contributed by atoms with Crippen molar-refractivity contribution in [2.45, 2.75) is 13.5 Å². The van der Waals surface area contributed by atoms with E-state index in [2.05, 4.69) is 11.4 Å². The van der Waals surface area contributed by atoms with E-state index in [1.165, 1.54) is 4.90 Å². The lowest BCUT2D eigenvalue weighted by Gasteiger charge is -2.18. The Kier molecular flexibility index (Phi) is 5.89. The van der Waals surface area contributed by atoms with Crippen molar-refractivity contribution in [1.82, 2.24) is 4.90 Å². The van der Waals surface area contributed by atoms with Crippen LogP contribution in [0.15, 0.2) is 30.8 Å². The van der Waals surface area contributed by atoms with Crippen LogP contribution < -0.4 is 5.90 Å². The number of hydrogen-bond acceptors (Lipinski definition) is 5. The second kappa shape index (κ2) is 7.42. The van der Waals surface area contributed by atoms with E-state index < -0.39 is 11.9 Å². The van der Waals surface area contributed by atoms with Gasteiger partial charge in [-0.3, -0.25) is 9.69 Å². The molecule has 0 aromatic heterocycles. The fraction of sp³-hybridized carbons (Fsp3) is 0.286. The van der Waals surface area contributed by atoms with E-state index in [0.29, 0.717) is 6.54 Å². The van der Waals surface area contributed by atoms with Crippen molar-refractivity contribution in [3.05, 3.63) is 42.0 Å². The molecule has 3 N–H and O–H groups in total. The molecule has 0 fully saturated rings. The summed E-state index contributed by atoms with van der Waals surface area (Å²) < 4.78 is 0. The highest BCUT2D eigenvalue weighted by Gasteiger charge is 2.15. The molecule has 6 heteroatoms. The van der Waals surface area contributed by atoms with Crippen LogP contribution in [0.25, 0.3) is 5.57 Å². The van der Waals surface area contributed by atoms with Crippen LogP contribution in [-0.4, -0.2) is 35.0 Å². The fourth-order valence-electron chi connectivity index (χ4n) is 1.73. The van der Waals surface area contributed by atoms with Crippen LogP contribution in [0.1, 0.15) is 18.1 Å². The Bertz CT molecular complexity index is 496. The van der Waals surface area contributed by atoms with Crippen molar-refractivity contribution in [2.24, 2.45) is 5.90 Å². The molecule has 0 saturated carbocycles. The van der Waals surface area contributed by atoms with Crippen LogP contribution in [0.2, 0.25) is 0 Å². The van der Waals surface area contributed by atoms with Crippen molar-refractivity contribution in [3.8, 4) is 0 Å². The lowest BCUT2D eigenvalue weighted by Crippen LogP contribution is -2.35. The first-order valence-corrected chi connectivity index (χ1v) is 6.01. The van der Waals surface area contributed by atoms with Gasteiger partial charge in [-0.15, -0.1) is 0 Å². The minimum absolute atomic E-state index is 0.176. The Balaban J connectivity index is 2.75. The quantitative estimate of drug-likeness (QED) is 0.723. The van der Waals surface area contributed by atoms with E-state index in [4.69, 9.17) is 11.0 Å². The molecule has 0 radical (unpaired) electrons. The van der Waals surface area contributed by atoms with Crippen LogP contribution >= 0.6 is 0 Å². The molecule has 0 aliphatic rings. The zero-order valence-electron chi connectivity index (χ0n) is 11.3. The Labute approximate surface area is 117 Å². The molecule has 20 heavy (non-hydrogen) atoms. The van der Waals surface area contributed by atoms with E-state index in [1.54, 1.807) is 0 Å². The number of nitrogens with zero attached hydrogens (tertiary/aromatic N) is 1. The molecule has 108 valence electrons. The Hall–Kier alpha value is -2.18. The molecule has 0 amide bonds. The highest BCUT2D eigenvalue weighted by Crippen LogP contribution is 2.13. The van der Waals surface area contributed by atoms with Gasteiger partial charge in [0.15, 0.2) is 0 Å². The summed E-state index contributed by atoms with van der Waals surface area (Å²) in [6.45, 7) is 5.62. The summed E-state index contributed by atoms with van der Waals surface area (Å²) in [4.78, 5) is 27.4. The van der Waals surface area contributed by atoms with E-state index in [-0.39, 0.29) is 13.1 Å². The molecular weight excluding hydrogens is 260 g/mol. The second-order valence-corrected chi connectivity index (χ2v) is 4.51. The maximum absolute atomic E-state index is 11.1. The molecule has 0 unspecified atom stereocenters. The number of benzene rings is 1. The number of carboxylic acid groups (broad SMARTS) is 1. The topological polar surface area (TPSA) is 92.9 Å². The van der Waals surface area contributed by atoms with Crippen molar-refractivity contribution >= 4 is 17.5 Å². The third-order valence-electron chi connectivity index (χ3n) is 2.70. The predicted octanol–water partition coefficient (Wildman–Crippen LogP) is 1.02. The van der Waals surface area contributed by atoms with Gasteiger partial charge in [-0.1, -0.05) is 36.4 Å². The fourth-order valence-corrected chi connectivity index (χ4v) is 1.73. The monoisotopic (exact) mass is 278 g/mol. The van der Waals surface area contributed by atoms with Crippen molar-refractivity contribution in [2.75, 3.05) is 13.1 Å². The molecule has 0 spiro atoms. The van der Waals surface area contributed by atoms with E-state index in [1.807, 2.05) is 31.2 Å². The zero-order valence-corrected chi connectivity index (χ0v) is 11.3. The molecule has 0 heterocycles. The Morgan fingerprint density at radius 1 is 1.30 bits per heavy atom. The number of carbonyl (C=O) groups excluding carboxylic acids is 1. The summed E-state index contributed by atoms with van der Waals surface area (Å²) in [7, 11) is 0. The van der Waals surface area contributed by atoms with Crippen LogP contribution in [0.4, 0.5) is 0 Å². The first-order chi connectivity index (χ1) is 9.42. The SMILES string of the molecule is C=C(C)c1ccc(CN(CC(=O)O)CC(=O)ON)cc1. The lowest BCUT2D eigenvalue weighted by molar-refractivity contribution is -0.147. The van der Waals surface area contributed by atoms with Crippen LogP contribution in [-0.2, 0) is 21.0 Å². The molecule has 1 rings (SSSR count). The first kappa shape index (κ1) is 15.9. The number of aliphatic carboxylic acids is 1. The summed E-state index contributed by atoms with van der Waals surface area (Å²) in [5.41, 5.74) is 2.85. The van der Waals surface area contributed by atoms with Gasteiger partial charge in [0.2, 0.25) is 0 Å². The van der Waals surface area contributed by atoms with Gasteiger partial charge in [0, 0.05) is 6.54 Å². The van der Waals surface area contributed by atoms with Crippen molar-refractivity contribution in [3.63, 3.8) is 0 Å². The van der Waals surface area contributed by atoms with Crippen molar-refractivity contribution in [1.29, 1.82) is 0 Å². The number of carboxylic acids is 1. The standard InChI is InChI=1S/C14H18N2O4/c1-10(2)12-5-3-11(4-6-12)7-16(8-13(17)18)9-14(19)20-15/h3-6H,1,7-9,15H2,2H3,(H,17,18). The number of carbonyl (C=O) groups is 2. The predicted molar refractivity (Wildman–Crippen MR) is 74.3 cm³/mol. The van der Waals surface area contributed by atoms with Gasteiger partial charge in [0.1, 0.15) is 0 Å². The zero-order chi connectivity index (χ0) is 15.1. The molecule has 0 bridgehead atoms. The third kappa shape index (κ3) is 5.21. The Morgan fingerprint density at radius 3 is 2.35 bits per heavy atom. The normalized spacial score (nSPS) is 10.3. The largest absolute Gasteiger partial charge is 0.480 e. The maximum atomic E-state index is 11.1. The van der Waals surface area contributed by atoms with Gasteiger partial charge in [0.05, 0.1) is 13.1 Å². The molecule has 6 nitrogen and oxygen atoms in total. The van der Waals surface area contributed by atoms with Crippen molar-refractivity contribution < 1.29 is 19.5 Å². The van der Waals surface area contributed by atoms with Crippen LogP contribution in [0.5, 0.6) is 0 Å². The van der Waals surface area contributed by atoms with Gasteiger partial charge < -0.3 is 9.94 Å². The summed E-state index contributed by atoms with van der Waals surface area (Å²) in [6, 6.07) is 7.54. The minimum Gasteiger partial charge on any atom is -0.480 e. The maximum Gasteiger partial charge on any atom is 0.338 e. The molecule has 0 atom stereocenters. The smallest absolute Gasteiger partial charge is 0.338 e. The number of nitrogens with two attached hydrogens (primary N) is 1. The molecule has 0 aliphatic heterocycles. The second-order valence-electron chi connectivity index (χ2n) is 4.51. The van der Waals surface area contributed by atoms with Gasteiger partial charge in [-0.2, -0.15) is 5.90 Å². The lowest BCUT2D eigenvalue weighted by atomic mass is 10.1. The van der Waals surface area contributed by atoms with Gasteiger partial charge in [0.25, 0.3) is 0 Å². The van der Waals surface area contributed by atoms with Crippen LogP contribution in [0, 0.1) is 0 Å². The Morgan fingerprint density at radius 2 is 1.90 bits per heavy atom. The summed E-state index contributed by atoms with van der Waals surface area (Å²) in [5, 5.41) is 8.83. The highest BCUT2D eigenvalue weighted by molar-refractivity contribution is 5.73. The van der Waals surface area contributed by atoms with Gasteiger partial charge in [-0.25, -0.2) is 4.79 Å². The number of allylic oxidation sites excluding steroid dienone is 1. The van der Waals surface area contributed by atoms with Crippen LogP contribution in [0.3, 0.4) is 0 Å². The highest BCUT2D eigenvalue weighted by atomic mass is 16.7. The minimum atomic E-state index is -1.02.